The second-order valence-electron chi connectivity index (χ2n) is 8.57. The van der Waals surface area contributed by atoms with Crippen molar-refractivity contribution in [2.75, 3.05) is 27.2 Å². The van der Waals surface area contributed by atoms with Gasteiger partial charge in [0.25, 0.3) is 0 Å². The van der Waals surface area contributed by atoms with Crippen LogP contribution in [0.5, 0.6) is 0 Å². The van der Waals surface area contributed by atoms with E-state index in [1.807, 2.05) is 34.9 Å². The Balaban J connectivity index is 1.76. The molecule has 6 nitrogen and oxygen atoms in total. The summed E-state index contributed by atoms with van der Waals surface area (Å²) in [6.45, 7) is 4.18. The van der Waals surface area contributed by atoms with Crippen molar-refractivity contribution in [3.63, 3.8) is 0 Å². The third-order valence-corrected chi connectivity index (χ3v) is 7.23. The number of likely N-dealkylation sites (tertiary alicyclic amines) is 1. The van der Waals surface area contributed by atoms with Crippen molar-refractivity contribution in [1.29, 1.82) is 0 Å². The summed E-state index contributed by atoms with van der Waals surface area (Å²) in [7, 11) is 3.51. The van der Waals surface area contributed by atoms with Crippen molar-refractivity contribution in [2.45, 2.75) is 42.6 Å². The number of hydrogen-bond donors (Lipinski definition) is 0. The Labute approximate surface area is 198 Å². The van der Waals surface area contributed by atoms with Crippen LogP contribution in [0.3, 0.4) is 0 Å². The largest absolute Gasteiger partial charge is 0.348 e. The number of benzene rings is 2. The molecule has 8 heteroatoms. The zero-order valence-corrected chi connectivity index (χ0v) is 20.1. The predicted octanol–water partition coefficient (Wildman–Crippen LogP) is 4.87. The maximum absolute atomic E-state index is 13.7. The summed E-state index contributed by atoms with van der Waals surface area (Å²) >= 11 is 1.37. The van der Waals surface area contributed by atoms with E-state index in [1.165, 1.54) is 43.2 Å². The van der Waals surface area contributed by atoms with Gasteiger partial charge in [-0.25, -0.2) is 4.39 Å². The Morgan fingerprint density at radius 2 is 1.67 bits per heavy atom. The molecule has 4 rings (SSSR count). The molecule has 1 aliphatic heterocycles. The molecule has 1 fully saturated rings. The summed E-state index contributed by atoms with van der Waals surface area (Å²) in [6, 6.07) is 16.1. The molecule has 0 N–H and O–H groups in total. The standard InChI is InChI=1S/C25H30FN5OS/c1-18(30-16-8-5-9-17-30)23-27-28-25(31(23)21-14-12-20(26)13-15-21)33-22(24(32)29(2)3)19-10-6-4-7-11-19/h4,6-7,10-15,18,22H,5,8-9,16-17H2,1-3H3/t18-,22-/m1/s1. The minimum absolute atomic E-state index is 0.0227. The second kappa shape index (κ2) is 10.5. The van der Waals surface area contributed by atoms with Crippen molar-refractivity contribution in [2.24, 2.45) is 0 Å². The van der Waals surface area contributed by atoms with Crippen molar-refractivity contribution in [3.05, 3.63) is 71.8 Å². The number of aromatic nitrogens is 3. The fourth-order valence-electron chi connectivity index (χ4n) is 4.16. The summed E-state index contributed by atoms with van der Waals surface area (Å²) in [5.41, 5.74) is 1.69. The van der Waals surface area contributed by atoms with Crippen LogP contribution < -0.4 is 0 Å². The zero-order valence-electron chi connectivity index (χ0n) is 19.3. The highest BCUT2D eigenvalue weighted by molar-refractivity contribution is 8.00. The van der Waals surface area contributed by atoms with E-state index in [2.05, 4.69) is 22.0 Å². The predicted molar refractivity (Wildman–Crippen MR) is 129 cm³/mol. The van der Waals surface area contributed by atoms with E-state index in [0.717, 1.165) is 30.2 Å². The fraction of sp³-hybridized carbons (Fsp3) is 0.400. The molecule has 1 amide bonds. The SMILES string of the molecule is C[C@H](c1nnc(S[C@@H](C(=O)N(C)C)c2ccccc2)n1-c1ccc(F)cc1)N1CCCCC1. The van der Waals surface area contributed by atoms with Gasteiger partial charge in [-0.2, -0.15) is 0 Å². The van der Waals surface area contributed by atoms with E-state index < -0.39 is 5.25 Å². The second-order valence-corrected chi connectivity index (χ2v) is 9.64. The molecule has 1 saturated heterocycles. The van der Waals surface area contributed by atoms with Gasteiger partial charge in [0.1, 0.15) is 11.1 Å². The molecular formula is C25H30FN5OS. The topological polar surface area (TPSA) is 54.3 Å². The van der Waals surface area contributed by atoms with Gasteiger partial charge in [0.2, 0.25) is 5.91 Å². The van der Waals surface area contributed by atoms with Crippen LogP contribution in [-0.2, 0) is 4.79 Å². The number of likely N-dealkylation sites (N-methyl/N-ethyl adjacent to an activating group) is 1. The van der Waals surface area contributed by atoms with Crippen LogP contribution in [0.2, 0.25) is 0 Å². The summed E-state index contributed by atoms with van der Waals surface area (Å²) < 4.78 is 15.7. The molecule has 174 valence electrons. The first-order valence-corrected chi connectivity index (χ1v) is 12.2. The molecule has 2 aromatic carbocycles. The third-order valence-electron chi connectivity index (χ3n) is 6.05. The molecule has 0 unspecified atom stereocenters. The lowest BCUT2D eigenvalue weighted by atomic mass is 10.1. The Morgan fingerprint density at radius 1 is 1.00 bits per heavy atom. The number of amides is 1. The van der Waals surface area contributed by atoms with Crippen molar-refractivity contribution < 1.29 is 9.18 Å². The van der Waals surface area contributed by atoms with Crippen molar-refractivity contribution in [3.8, 4) is 5.69 Å². The molecule has 1 aliphatic rings. The molecule has 0 spiro atoms. The molecule has 1 aromatic heterocycles. The quantitative estimate of drug-likeness (QED) is 0.464. The molecule has 0 aliphatic carbocycles. The van der Waals surface area contributed by atoms with Gasteiger partial charge in [-0.15, -0.1) is 10.2 Å². The summed E-state index contributed by atoms with van der Waals surface area (Å²) in [5.74, 6) is 0.484. The van der Waals surface area contributed by atoms with Gasteiger partial charge in [-0.05, 0) is 62.7 Å². The Bertz CT molecular complexity index is 1060. The van der Waals surface area contributed by atoms with Gasteiger partial charge >= 0.3 is 0 Å². The highest BCUT2D eigenvalue weighted by atomic mass is 32.2. The smallest absolute Gasteiger partial charge is 0.240 e. The average molecular weight is 468 g/mol. The van der Waals surface area contributed by atoms with Crippen LogP contribution >= 0.6 is 11.8 Å². The number of piperidine rings is 1. The van der Waals surface area contributed by atoms with E-state index >= 15 is 0 Å². The number of rotatable bonds is 7. The number of halogens is 1. The highest BCUT2D eigenvalue weighted by Gasteiger charge is 2.30. The number of hydrogen-bond acceptors (Lipinski definition) is 5. The van der Waals surface area contributed by atoms with Gasteiger partial charge in [0.15, 0.2) is 11.0 Å². The monoisotopic (exact) mass is 467 g/mol. The van der Waals surface area contributed by atoms with Crippen molar-refractivity contribution >= 4 is 17.7 Å². The zero-order chi connectivity index (χ0) is 23.4. The maximum atomic E-state index is 13.7. The lowest BCUT2D eigenvalue weighted by Gasteiger charge is -2.32. The van der Waals surface area contributed by atoms with Crippen LogP contribution in [0.4, 0.5) is 4.39 Å². The Morgan fingerprint density at radius 3 is 2.30 bits per heavy atom. The van der Waals surface area contributed by atoms with Crippen LogP contribution in [-0.4, -0.2) is 57.7 Å². The van der Waals surface area contributed by atoms with Gasteiger partial charge < -0.3 is 4.90 Å². The minimum Gasteiger partial charge on any atom is -0.348 e. The van der Waals surface area contributed by atoms with Gasteiger partial charge in [-0.1, -0.05) is 48.5 Å². The van der Waals surface area contributed by atoms with Crippen LogP contribution in [0.25, 0.3) is 5.69 Å². The first kappa shape index (κ1) is 23.4. The lowest BCUT2D eigenvalue weighted by molar-refractivity contribution is -0.128. The minimum atomic E-state index is -0.470. The van der Waals surface area contributed by atoms with E-state index in [1.54, 1.807) is 31.1 Å². The van der Waals surface area contributed by atoms with E-state index in [-0.39, 0.29) is 17.8 Å². The van der Waals surface area contributed by atoms with Crippen LogP contribution in [0, 0.1) is 5.82 Å². The number of nitrogens with zero attached hydrogens (tertiary/aromatic N) is 5. The summed E-state index contributed by atoms with van der Waals surface area (Å²) in [6.07, 6.45) is 3.59. The molecule has 0 bridgehead atoms. The summed E-state index contributed by atoms with van der Waals surface area (Å²) in [5, 5.41) is 9.24. The first-order chi connectivity index (χ1) is 16.0. The molecule has 2 heterocycles. The van der Waals surface area contributed by atoms with E-state index in [0.29, 0.717) is 5.16 Å². The molecule has 33 heavy (non-hydrogen) atoms. The first-order valence-electron chi connectivity index (χ1n) is 11.3. The van der Waals surface area contributed by atoms with Crippen LogP contribution in [0.15, 0.2) is 59.8 Å². The third kappa shape index (κ3) is 5.28. The molecular weight excluding hydrogens is 437 g/mol. The maximum Gasteiger partial charge on any atom is 0.240 e. The van der Waals surface area contributed by atoms with E-state index in [4.69, 9.17) is 0 Å². The Kier molecular flexibility index (Phi) is 7.45. The highest BCUT2D eigenvalue weighted by Crippen LogP contribution is 2.38. The summed E-state index contributed by atoms with van der Waals surface area (Å²) in [4.78, 5) is 17.1. The van der Waals surface area contributed by atoms with Crippen molar-refractivity contribution in [1.82, 2.24) is 24.6 Å². The molecule has 0 saturated carbocycles. The molecule has 2 atom stereocenters. The van der Waals surface area contributed by atoms with Gasteiger partial charge in [-0.3, -0.25) is 14.3 Å². The number of carbonyl (C=O) groups is 1. The fourth-order valence-corrected chi connectivity index (χ4v) is 5.37. The normalized spacial score (nSPS) is 16.4. The number of carbonyl (C=O) groups excluding carboxylic acids is 1. The average Bonchev–Trinajstić information content (AvgIpc) is 3.26. The Hall–Kier alpha value is -2.71. The van der Waals surface area contributed by atoms with E-state index in [9.17, 15) is 9.18 Å². The molecule has 0 radical (unpaired) electrons. The lowest BCUT2D eigenvalue weighted by Crippen LogP contribution is -2.33. The number of thioether (sulfide) groups is 1. The van der Waals surface area contributed by atoms with Gasteiger partial charge in [0, 0.05) is 19.8 Å². The van der Waals surface area contributed by atoms with Gasteiger partial charge in [0.05, 0.1) is 6.04 Å². The molecule has 3 aromatic rings. The van der Waals surface area contributed by atoms with Crippen LogP contribution in [0.1, 0.15) is 48.9 Å².